The molecule has 0 radical (unpaired) electrons. The first-order valence-corrected chi connectivity index (χ1v) is 7.43. The predicted molar refractivity (Wildman–Crippen MR) is 74.6 cm³/mol. The van der Waals surface area contributed by atoms with Gasteiger partial charge in [-0.15, -0.1) is 0 Å². The molecule has 108 valence electrons. The third-order valence-corrected chi connectivity index (χ3v) is 4.52. The molecule has 0 bridgehead atoms. The van der Waals surface area contributed by atoms with Crippen LogP contribution in [0.5, 0.6) is 0 Å². The van der Waals surface area contributed by atoms with Crippen molar-refractivity contribution in [3.8, 4) is 0 Å². The van der Waals surface area contributed by atoms with Gasteiger partial charge in [-0.2, -0.15) is 0 Å². The largest absolute Gasteiger partial charge is 0.342 e. The first kappa shape index (κ1) is 14.4. The summed E-state index contributed by atoms with van der Waals surface area (Å²) < 4.78 is 0. The lowest BCUT2D eigenvalue weighted by atomic mass is 9.75. The predicted octanol–water partition coefficient (Wildman–Crippen LogP) is 2.08. The summed E-state index contributed by atoms with van der Waals surface area (Å²) in [5.74, 6) is 0.0415. The minimum absolute atomic E-state index is 0.0188. The number of amides is 2. The van der Waals surface area contributed by atoms with E-state index >= 15 is 0 Å². The van der Waals surface area contributed by atoms with Crippen molar-refractivity contribution in [1.29, 1.82) is 0 Å². The average molecular weight is 266 g/mol. The van der Waals surface area contributed by atoms with E-state index in [1.54, 1.807) is 13.8 Å². The second-order valence-electron chi connectivity index (χ2n) is 7.02. The fourth-order valence-electron chi connectivity index (χ4n) is 3.37. The van der Waals surface area contributed by atoms with Crippen LogP contribution in [0.25, 0.3) is 0 Å². The van der Waals surface area contributed by atoms with Crippen LogP contribution in [0.3, 0.4) is 0 Å². The molecule has 4 nitrogen and oxygen atoms in total. The zero-order chi connectivity index (χ0) is 14.1. The Kier molecular flexibility index (Phi) is 3.88. The van der Waals surface area contributed by atoms with Gasteiger partial charge in [-0.05, 0) is 32.1 Å². The van der Waals surface area contributed by atoms with Gasteiger partial charge < -0.3 is 10.2 Å². The highest BCUT2D eigenvalue weighted by atomic mass is 16.2. The van der Waals surface area contributed by atoms with Crippen LogP contribution in [0.1, 0.15) is 59.3 Å². The number of nitrogens with one attached hydrogen (secondary N) is 1. The molecule has 1 heterocycles. The molecule has 4 heteroatoms. The molecule has 0 aromatic carbocycles. The number of rotatable bonds is 2. The van der Waals surface area contributed by atoms with Crippen LogP contribution >= 0.6 is 0 Å². The highest BCUT2D eigenvalue weighted by Crippen LogP contribution is 2.37. The fraction of sp³-hybridized carbons (Fsp3) is 0.867. The van der Waals surface area contributed by atoms with Gasteiger partial charge in [0.2, 0.25) is 11.8 Å². The molecule has 0 aromatic rings. The number of nitrogens with zero attached hydrogens (tertiary/aromatic N) is 1. The number of carbonyl (C=O) groups excluding carboxylic acids is 2. The lowest BCUT2D eigenvalue weighted by molar-refractivity contribution is -0.138. The zero-order valence-corrected chi connectivity index (χ0v) is 12.4. The van der Waals surface area contributed by atoms with E-state index in [9.17, 15) is 9.59 Å². The Bertz CT molecular complexity index is 370. The smallest absolute Gasteiger partial charge is 0.247 e. The van der Waals surface area contributed by atoms with Crippen molar-refractivity contribution in [2.75, 3.05) is 13.1 Å². The lowest BCUT2D eigenvalue weighted by Crippen LogP contribution is -2.54. The van der Waals surface area contributed by atoms with Crippen LogP contribution in [-0.4, -0.2) is 35.3 Å². The maximum absolute atomic E-state index is 12.5. The summed E-state index contributed by atoms with van der Waals surface area (Å²) in [4.78, 5) is 26.1. The monoisotopic (exact) mass is 266 g/mol. The Morgan fingerprint density at radius 2 is 1.74 bits per heavy atom. The molecular formula is C15H26N2O2. The molecule has 1 aliphatic heterocycles. The van der Waals surface area contributed by atoms with E-state index < -0.39 is 5.54 Å². The third kappa shape index (κ3) is 3.28. The maximum Gasteiger partial charge on any atom is 0.247 e. The van der Waals surface area contributed by atoms with Gasteiger partial charge in [0, 0.05) is 19.5 Å². The fourth-order valence-corrected chi connectivity index (χ4v) is 3.37. The van der Waals surface area contributed by atoms with E-state index in [0.717, 1.165) is 6.54 Å². The highest BCUT2D eigenvalue weighted by Gasteiger charge is 2.39. The second kappa shape index (κ2) is 5.14. The van der Waals surface area contributed by atoms with Gasteiger partial charge in [-0.25, -0.2) is 0 Å². The first-order valence-electron chi connectivity index (χ1n) is 7.43. The summed E-state index contributed by atoms with van der Waals surface area (Å²) in [5.41, 5.74) is -0.532. The summed E-state index contributed by atoms with van der Waals surface area (Å²) in [6.45, 7) is 7.24. The number of carbonyl (C=O) groups is 2. The quantitative estimate of drug-likeness (QED) is 0.832. The van der Waals surface area contributed by atoms with Crippen LogP contribution in [0.4, 0.5) is 0 Å². The summed E-state index contributed by atoms with van der Waals surface area (Å²) in [6.07, 6.45) is 6.65. The molecule has 2 fully saturated rings. The normalized spacial score (nSPS) is 26.8. The van der Waals surface area contributed by atoms with Gasteiger partial charge in [0.05, 0.1) is 0 Å². The molecule has 0 unspecified atom stereocenters. The minimum Gasteiger partial charge on any atom is -0.342 e. The Morgan fingerprint density at radius 1 is 1.11 bits per heavy atom. The van der Waals surface area contributed by atoms with E-state index in [1.807, 2.05) is 4.90 Å². The van der Waals surface area contributed by atoms with Gasteiger partial charge in [-0.3, -0.25) is 9.59 Å². The molecule has 1 saturated carbocycles. The molecule has 0 spiro atoms. The van der Waals surface area contributed by atoms with Gasteiger partial charge in [0.15, 0.2) is 0 Å². The Labute approximate surface area is 115 Å². The van der Waals surface area contributed by atoms with Crippen LogP contribution < -0.4 is 5.32 Å². The molecular weight excluding hydrogens is 240 g/mol. The topological polar surface area (TPSA) is 49.4 Å². The summed E-state index contributed by atoms with van der Waals surface area (Å²) in [5, 5.41) is 2.82. The van der Waals surface area contributed by atoms with Crippen molar-refractivity contribution in [3.63, 3.8) is 0 Å². The number of hydrogen-bond acceptors (Lipinski definition) is 2. The maximum atomic E-state index is 12.5. The van der Waals surface area contributed by atoms with Crippen molar-refractivity contribution >= 4 is 11.8 Å². The molecule has 1 saturated heterocycles. The Hall–Kier alpha value is -1.06. The van der Waals surface area contributed by atoms with Crippen LogP contribution in [0.2, 0.25) is 0 Å². The third-order valence-electron chi connectivity index (χ3n) is 4.52. The van der Waals surface area contributed by atoms with E-state index in [4.69, 9.17) is 0 Å². The first-order chi connectivity index (χ1) is 8.82. The highest BCUT2D eigenvalue weighted by molar-refractivity contribution is 5.92. The van der Waals surface area contributed by atoms with Crippen molar-refractivity contribution in [2.45, 2.75) is 64.8 Å². The van der Waals surface area contributed by atoms with Crippen LogP contribution in [-0.2, 0) is 9.59 Å². The Balaban J connectivity index is 2.09. The van der Waals surface area contributed by atoms with E-state index in [2.05, 4.69) is 12.2 Å². The van der Waals surface area contributed by atoms with Crippen molar-refractivity contribution in [1.82, 2.24) is 10.2 Å². The molecule has 19 heavy (non-hydrogen) atoms. The van der Waals surface area contributed by atoms with Crippen molar-refractivity contribution < 1.29 is 9.59 Å². The summed E-state index contributed by atoms with van der Waals surface area (Å²) in [6, 6.07) is 0. The Morgan fingerprint density at radius 3 is 2.37 bits per heavy atom. The average Bonchev–Trinajstić information content (AvgIpc) is 2.41. The lowest BCUT2D eigenvalue weighted by Gasteiger charge is -2.39. The van der Waals surface area contributed by atoms with Crippen LogP contribution in [0.15, 0.2) is 0 Å². The van der Waals surface area contributed by atoms with Gasteiger partial charge in [0.25, 0.3) is 0 Å². The summed E-state index contributed by atoms with van der Waals surface area (Å²) in [7, 11) is 0. The minimum atomic E-state index is -0.765. The SMILES string of the molecule is CC1(CN2CCC(=O)NC(C)(C)C2=O)CCCCC1. The van der Waals surface area contributed by atoms with Crippen molar-refractivity contribution in [3.05, 3.63) is 0 Å². The van der Waals surface area contributed by atoms with Crippen molar-refractivity contribution in [2.24, 2.45) is 5.41 Å². The molecule has 2 aliphatic rings. The molecule has 2 rings (SSSR count). The second-order valence-corrected chi connectivity index (χ2v) is 7.02. The molecule has 0 aromatic heterocycles. The molecule has 1 N–H and O–H groups in total. The standard InChI is InChI=1S/C15H26N2O2/c1-14(2)13(19)17(10-7-12(18)16-14)11-15(3)8-5-4-6-9-15/h4-11H2,1-3H3,(H,16,18). The molecule has 0 atom stereocenters. The van der Waals surface area contributed by atoms with E-state index in [1.165, 1.54) is 32.1 Å². The number of hydrogen-bond donors (Lipinski definition) is 1. The summed E-state index contributed by atoms with van der Waals surface area (Å²) >= 11 is 0. The van der Waals surface area contributed by atoms with E-state index in [0.29, 0.717) is 13.0 Å². The molecule has 2 amide bonds. The van der Waals surface area contributed by atoms with Gasteiger partial charge >= 0.3 is 0 Å². The van der Waals surface area contributed by atoms with Crippen LogP contribution in [0, 0.1) is 5.41 Å². The van der Waals surface area contributed by atoms with Gasteiger partial charge in [0.1, 0.15) is 5.54 Å². The molecule has 1 aliphatic carbocycles. The zero-order valence-electron chi connectivity index (χ0n) is 12.4. The van der Waals surface area contributed by atoms with E-state index in [-0.39, 0.29) is 17.2 Å². The van der Waals surface area contributed by atoms with Gasteiger partial charge in [-0.1, -0.05) is 26.2 Å².